The molecule has 1 amide bonds. The first-order valence-corrected chi connectivity index (χ1v) is 7.54. The monoisotopic (exact) mass is 353 g/mol. The maximum Gasteiger partial charge on any atom is 0.352 e. The fourth-order valence-electron chi connectivity index (χ4n) is 2.41. The number of carboxylic acid groups (broad SMARTS) is 1. The Kier molecular flexibility index (Phi) is 5.20. The minimum Gasteiger partial charge on any atom is -0.477 e. The van der Waals surface area contributed by atoms with Crippen molar-refractivity contribution >= 4 is 29.2 Å². The quantitative estimate of drug-likeness (QED) is 0.261. The molecule has 9 heteroatoms. The molecule has 0 saturated carbocycles. The lowest BCUT2D eigenvalue weighted by atomic mass is 10.00. The van der Waals surface area contributed by atoms with E-state index in [0.717, 1.165) is 10.5 Å². The Hall–Kier alpha value is -2.45. The molecule has 128 valence electrons. The number of rotatable bonds is 6. The number of benzene rings is 1. The molecule has 1 fully saturated rings. The maximum atomic E-state index is 11.7. The van der Waals surface area contributed by atoms with Crippen LogP contribution in [0.15, 0.2) is 35.5 Å². The van der Waals surface area contributed by atoms with E-state index < -0.39 is 28.2 Å². The standard InChI is InChI=1S/C15H16ClN3O5/c1-8(13(15(21)22)18-7-12(17)14(18)20)11(16)6-9-2-4-10(5-3-9)19(23)24/h2-5,11-12H,6-7,17H2,1H3,(H,21,22). The lowest BCUT2D eigenvalue weighted by molar-refractivity contribution is -0.384. The number of aliphatic carboxylic acids is 1. The number of nitrogens with two attached hydrogens (primary N) is 1. The number of amides is 1. The zero-order valence-electron chi connectivity index (χ0n) is 12.8. The number of alkyl halides is 1. The number of carbonyl (C=O) groups is 2. The molecule has 0 bridgehead atoms. The number of halogens is 1. The summed E-state index contributed by atoms with van der Waals surface area (Å²) in [6.07, 6.45) is 0.274. The predicted octanol–water partition coefficient (Wildman–Crippen LogP) is 1.27. The Morgan fingerprint density at radius 2 is 2.08 bits per heavy atom. The zero-order chi connectivity index (χ0) is 18.0. The second-order valence-electron chi connectivity index (χ2n) is 5.49. The number of hydrogen-bond donors (Lipinski definition) is 2. The first kappa shape index (κ1) is 17.9. The first-order chi connectivity index (χ1) is 11.2. The van der Waals surface area contributed by atoms with Crippen LogP contribution in [0.4, 0.5) is 5.69 Å². The number of nitro groups is 1. The number of nitro benzene ring substituents is 1. The molecule has 8 nitrogen and oxygen atoms in total. The summed E-state index contributed by atoms with van der Waals surface area (Å²) >= 11 is 6.29. The molecule has 0 aliphatic carbocycles. The third-order valence-corrected chi connectivity index (χ3v) is 4.32. The largest absolute Gasteiger partial charge is 0.477 e. The van der Waals surface area contributed by atoms with E-state index in [9.17, 15) is 24.8 Å². The van der Waals surface area contributed by atoms with Gasteiger partial charge >= 0.3 is 5.97 Å². The molecule has 1 heterocycles. The van der Waals surface area contributed by atoms with Crippen LogP contribution < -0.4 is 5.73 Å². The van der Waals surface area contributed by atoms with Gasteiger partial charge in [-0.05, 0) is 24.5 Å². The zero-order valence-corrected chi connectivity index (χ0v) is 13.6. The van der Waals surface area contributed by atoms with Gasteiger partial charge in [0.05, 0.1) is 16.8 Å². The average Bonchev–Trinajstić information content (AvgIpc) is 2.54. The van der Waals surface area contributed by atoms with E-state index in [2.05, 4.69) is 0 Å². The molecule has 2 atom stereocenters. The number of allylic oxidation sites excluding steroid dienone is 1. The van der Waals surface area contributed by atoms with Gasteiger partial charge in [0.1, 0.15) is 11.7 Å². The van der Waals surface area contributed by atoms with Gasteiger partial charge < -0.3 is 15.7 Å². The highest BCUT2D eigenvalue weighted by Crippen LogP contribution is 2.25. The van der Waals surface area contributed by atoms with Crippen LogP contribution in [-0.4, -0.2) is 44.8 Å². The summed E-state index contributed by atoms with van der Waals surface area (Å²) in [4.78, 5) is 34.4. The normalized spacial score (nSPS) is 19.4. The van der Waals surface area contributed by atoms with Crippen molar-refractivity contribution < 1.29 is 19.6 Å². The molecule has 2 unspecified atom stereocenters. The third kappa shape index (κ3) is 3.55. The minimum absolute atomic E-state index is 0.0384. The van der Waals surface area contributed by atoms with Crippen LogP contribution in [0.3, 0.4) is 0 Å². The molecule has 1 aromatic rings. The van der Waals surface area contributed by atoms with Gasteiger partial charge in [0.2, 0.25) is 5.91 Å². The van der Waals surface area contributed by atoms with E-state index in [4.69, 9.17) is 17.3 Å². The molecule has 3 N–H and O–H groups in total. The summed E-state index contributed by atoms with van der Waals surface area (Å²) < 4.78 is 0. The first-order valence-electron chi connectivity index (χ1n) is 7.10. The molecule has 24 heavy (non-hydrogen) atoms. The van der Waals surface area contributed by atoms with Crippen molar-refractivity contribution in [2.45, 2.75) is 24.8 Å². The van der Waals surface area contributed by atoms with Crippen molar-refractivity contribution in [3.63, 3.8) is 0 Å². The van der Waals surface area contributed by atoms with Gasteiger partial charge in [0.15, 0.2) is 0 Å². The number of β-lactam (4-membered cyclic amide) rings is 1. The van der Waals surface area contributed by atoms with Gasteiger partial charge in [-0.25, -0.2) is 4.79 Å². The molecule has 0 radical (unpaired) electrons. The van der Waals surface area contributed by atoms with E-state index in [1.54, 1.807) is 19.1 Å². The summed E-state index contributed by atoms with van der Waals surface area (Å²) in [6.45, 7) is 1.68. The highest BCUT2D eigenvalue weighted by Gasteiger charge is 2.39. The molecule has 1 aromatic carbocycles. The Balaban J connectivity index is 2.19. The second kappa shape index (κ2) is 6.98. The minimum atomic E-state index is -1.25. The second-order valence-corrected chi connectivity index (χ2v) is 6.01. The van der Waals surface area contributed by atoms with Crippen LogP contribution in [-0.2, 0) is 16.0 Å². The Morgan fingerprint density at radius 3 is 2.50 bits per heavy atom. The number of hydrogen-bond acceptors (Lipinski definition) is 5. The number of carboxylic acids is 1. The van der Waals surface area contributed by atoms with E-state index >= 15 is 0 Å². The molecule has 2 rings (SSSR count). The van der Waals surface area contributed by atoms with Gasteiger partial charge in [0, 0.05) is 12.1 Å². The van der Waals surface area contributed by atoms with E-state index in [-0.39, 0.29) is 24.4 Å². The molecule has 0 aromatic heterocycles. The van der Waals surface area contributed by atoms with Crippen molar-refractivity contribution in [2.75, 3.05) is 6.54 Å². The Labute approximate surface area is 142 Å². The van der Waals surface area contributed by atoms with Crippen LogP contribution in [0, 0.1) is 10.1 Å². The molecular formula is C15H16ClN3O5. The van der Waals surface area contributed by atoms with Crippen molar-refractivity contribution in [3.05, 3.63) is 51.2 Å². The number of nitrogens with zero attached hydrogens (tertiary/aromatic N) is 2. The van der Waals surface area contributed by atoms with Gasteiger partial charge in [-0.15, -0.1) is 11.6 Å². The lowest BCUT2D eigenvalue weighted by Gasteiger charge is -2.37. The summed E-state index contributed by atoms with van der Waals surface area (Å²) in [5, 5.41) is 19.3. The topological polar surface area (TPSA) is 127 Å². The van der Waals surface area contributed by atoms with Crippen LogP contribution >= 0.6 is 11.6 Å². The predicted molar refractivity (Wildman–Crippen MR) is 86.5 cm³/mol. The summed E-state index contributed by atoms with van der Waals surface area (Å²) in [7, 11) is 0. The molecule has 1 saturated heterocycles. The van der Waals surface area contributed by atoms with Crippen LogP contribution in [0.5, 0.6) is 0 Å². The van der Waals surface area contributed by atoms with Crippen LogP contribution in [0.2, 0.25) is 0 Å². The van der Waals surface area contributed by atoms with Gasteiger partial charge in [-0.2, -0.15) is 0 Å². The molecule has 0 spiro atoms. The summed E-state index contributed by atoms with van der Waals surface area (Å²) in [5.74, 6) is -1.70. The molecule has 1 aliphatic rings. The van der Waals surface area contributed by atoms with Gasteiger partial charge in [0.25, 0.3) is 5.69 Å². The Bertz CT molecular complexity index is 716. The fourth-order valence-corrected chi connectivity index (χ4v) is 2.69. The number of likely N-dealkylation sites (tertiary alicyclic amines) is 1. The highest BCUT2D eigenvalue weighted by atomic mass is 35.5. The summed E-state index contributed by atoms with van der Waals surface area (Å²) in [6, 6.07) is 5.15. The Morgan fingerprint density at radius 1 is 1.50 bits per heavy atom. The van der Waals surface area contributed by atoms with Gasteiger partial charge in [-0.3, -0.25) is 14.9 Å². The van der Waals surface area contributed by atoms with Crippen molar-refractivity contribution in [2.24, 2.45) is 5.73 Å². The maximum absolute atomic E-state index is 11.7. The smallest absolute Gasteiger partial charge is 0.352 e. The molecule has 1 aliphatic heterocycles. The lowest BCUT2D eigenvalue weighted by Crippen LogP contribution is -2.61. The van der Waals surface area contributed by atoms with Crippen molar-refractivity contribution in [1.82, 2.24) is 4.90 Å². The SMILES string of the molecule is CC(=C(C(=O)O)N1CC(N)C1=O)C(Cl)Cc1ccc([N+](=O)[O-])cc1. The fraction of sp³-hybridized carbons (Fsp3) is 0.333. The van der Waals surface area contributed by atoms with Crippen molar-refractivity contribution in [3.8, 4) is 0 Å². The third-order valence-electron chi connectivity index (χ3n) is 3.84. The number of carbonyl (C=O) groups excluding carboxylic acids is 1. The average molecular weight is 354 g/mol. The highest BCUT2D eigenvalue weighted by molar-refractivity contribution is 6.23. The number of non-ortho nitro benzene ring substituents is 1. The van der Waals surface area contributed by atoms with E-state index in [0.29, 0.717) is 5.57 Å². The van der Waals surface area contributed by atoms with Crippen LogP contribution in [0.25, 0.3) is 0 Å². The van der Waals surface area contributed by atoms with Crippen LogP contribution in [0.1, 0.15) is 12.5 Å². The van der Waals surface area contributed by atoms with E-state index in [1.165, 1.54) is 12.1 Å². The van der Waals surface area contributed by atoms with E-state index in [1.807, 2.05) is 0 Å². The van der Waals surface area contributed by atoms with Crippen molar-refractivity contribution in [1.29, 1.82) is 0 Å². The molecular weight excluding hydrogens is 338 g/mol. The van der Waals surface area contributed by atoms with Gasteiger partial charge in [-0.1, -0.05) is 12.1 Å². The summed E-state index contributed by atoms with van der Waals surface area (Å²) in [5.41, 5.74) is 6.35.